The van der Waals surface area contributed by atoms with Gasteiger partial charge in [-0.3, -0.25) is 4.98 Å². The van der Waals surface area contributed by atoms with Gasteiger partial charge in [-0.05, 0) is 30.5 Å². The van der Waals surface area contributed by atoms with E-state index >= 15 is 0 Å². The summed E-state index contributed by atoms with van der Waals surface area (Å²) in [7, 11) is 0. The quantitative estimate of drug-likeness (QED) is 0.880. The Labute approximate surface area is 120 Å². The van der Waals surface area contributed by atoms with Gasteiger partial charge in [-0.2, -0.15) is 0 Å². The minimum Gasteiger partial charge on any atom is -0.391 e. The van der Waals surface area contributed by atoms with Crippen LogP contribution in [0.2, 0.25) is 0 Å². The maximum absolute atomic E-state index is 12.1. The number of aliphatic hydroxyl groups excluding tert-OH is 1. The normalized spacial score (nSPS) is 19.8. The Morgan fingerprint density at radius 1 is 1.50 bits per heavy atom. The van der Waals surface area contributed by atoms with Gasteiger partial charge in [0.25, 0.3) is 0 Å². The molecule has 1 aliphatic rings. The number of β-amino-alcohol motifs (C(OH)–C–C–N with tert-alkyl or cyclic N) is 1. The number of amides is 2. The predicted molar refractivity (Wildman–Crippen MR) is 77.5 cm³/mol. The molecule has 0 radical (unpaired) electrons. The van der Waals surface area contributed by atoms with Crippen LogP contribution in [-0.4, -0.2) is 46.8 Å². The third-order valence-electron chi connectivity index (χ3n) is 3.83. The lowest BCUT2D eigenvalue weighted by molar-refractivity contribution is 0.0839. The molecule has 1 unspecified atom stereocenters. The minimum atomic E-state index is -0.386. The Morgan fingerprint density at radius 2 is 2.20 bits per heavy atom. The van der Waals surface area contributed by atoms with Crippen LogP contribution < -0.4 is 5.32 Å². The first-order valence-electron chi connectivity index (χ1n) is 7.10. The highest BCUT2D eigenvalue weighted by atomic mass is 16.3. The molecular weight excluding hydrogens is 254 g/mol. The van der Waals surface area contributed by atoms with E-state index in [0.717, 1.165) is 24.9 Å². The van der Waals surface area contributed by atoms with Crippen LogP contribution in [0.25, 0.3) is 0 Å². The first kappa shape index (κ1) is 14.8. The third kappa shape index (κ3) is 3.70. The van der Waals surface area contributed by atoms with Crippen molar-refractivity contribution >= 4 is 6.03 Å². The molecule has 2 amide bonds. The Morgan fingerprint density at radius 3 is 2.85 bits per heavy atom. The molecule has 0 spiro atoms. The average Bonchev–Trinajstić information content (AvgIpc) is 2.46. The number of nitrogens with zero attached hydrogens (tertiary/aromatic N) is 2. The van der Waals surface area contributed by atoms with Gasteiger partial charge in [-0.25, -0.2) is 4.79 Å². The van der Waals surface area contributed by atoms with E-state index in [-0.39, 0.29) is 17.6 Å². The van der Waals surface area contributed by atoms with Crippen molar-refractivity contribution in [2.45, 2.75) is 38.2 Å². The fourth-order valence-corrected chi connectivity index (χ4v) is 2.45. The lowest BCUT2D eigenvalue weighted by Crippen LogP contribution is -2.49. The molecule has 1 aliphatic heterocycles. The zero-order chi connectivity index (χ0) is 14.6. The van der Waals surface area contributed by atoms with Gasteiger partial charge in [0.05, 0.1) is 6.10 Å². The van der Waals surface area contributed by atoms with E-state index in [2.05, 4.69) is 24.1 Å². The molecule has 0 aliphatic carbocycles. The molecule has 5 nitrogen and oxygen atoms in total. The summed E-state index contributed by atoms with van der Waals surface area (Å²) in [6.07, 6.45) is 4.79. The standard InChI is InChI=1S/C15H23N3O2/c1-15(2,12-5-7-16-8-6-12)11-17-14(20)18-9-3-4-13(19)10-18/h5-8,13,19H,3-4,9-11H2,1-2H3,(H,17,20). The summed E-state index contributed by atoms with van der Waals surface area (Å²) in [5, 5.41) is 12.6. The smallest absolute Gasteiger partial charge is 0.317 e. The zero-order valence-corrected chi connectivity index (χ0v) is 12.2. The van der Waals surface area contributed by atoms with E-state index in [1.54, 1.807) is 17.3 Å². The Balaban J connectivity index is 1.89. The van der Waals surface area contributed by atoms with Gasteiger partial charge in [0.1, 0.15) is 0 Å². The van der Waals surface area contributed by atoms with Crippen molar-refractivity contribution in [3.8, 4) is 0 Å². The molecule has 5 heteroatoms. The molecular formula is C15H23N3O2. The Kier molecular flexibility index (Phi) is 4.60. The lowest BCUT2D eigenvalue weighted by Gasteiger charge is -2.32. The van der Waals surface area contributed by atoms with Crippen molar-refractivity contribution in [3.05, 3.63) is 30.1 Å². The van der Waals surface area contributed by atoms with Crippen molar-refractivity contribution in [1.82, 2.24) is 15.2 Å². The van der Waals surface area contributed by atoms with Gasteiger partial charge < -0.3 is 15.3 Å². The van der Waals surface area contributed by atoms with Crippen molar-refractivity contribution in [3.63, 3.8) is 0 Å². The van der Waals surface area contributed by atoms with Crippen LogP contribution in [0.4, 0.5) is 4.79 Å². The number of aromatic nitrogens is 1. The molecule has 0 bridgehead atoms. The zero-order valence-electron chi connectivity index (χ0n) is 12.2. The van der Waals surface area contributed by atoms with Crippen LogP contribution in [0.1, 0.15) is 32.3 Å². The molecule has 1 aromatic heterocycles. The van der Waals surface area contributed by atoms with Gasteiger partial charge in [0.15, 0.2) is 0 Å². The molecule has 20 heavy (non-hydrogen) atoms. The number of aliphatic hydroxyl groups is 1. The number of likely N-dealkylation sites (tertiary alicyclic amines) is 1. The summed E-state index contributed by atoms with van der Waals surface area (Å²) in [4.78, 5) is 17.8. The van der Waals surface area contributed by atoms with Crippen molar-refractivity contribution in [2.75, 3.05) is 19.6 Å². The van der Waals surface area contributed by atoms with Gasteiger partial charge >= 0.3 is 6.03 Å². The molecule has 1 saturated heterocycles. The van der Waals surface area contributed by atoms with Crippen LogP contribution in [0.5, 0.6) is 0 Å². The summed E-state index contributed by atoms with van der Waals surface area (Å²) in [5.74, 6) is 0. The van der Waals surface area contributed by atoms with E-state index in [1.165, 1.54) is 0 Å². The molecule has 2 N–H and O–H groups in total. The monoisotopic (exact) mass is 277 g/mol. The number of urea groups is 1. The van der Waals surface area contributed by atoms with E-state index < -0.39 is 0 Å². The highest BCUT2D eigenvalue weighted by molar-refractivity contribution is 5.74. The van der Waals surface area contributed by atoms with Crippen molar-refractivity contribution in [2.24, 2.45) is 0 Å². The van der Waals surface area contributed by atoms with Gasteiger partial charge in [-0.15, -0.1) is 0 Å². The number of carbonyl (C=O) groups is 1. The van der Waals surface area contributed by atoms with Crippen LogP contribution in [0.3, 0.4) is 0 Å². The van der Waals surface area contributed by atoms with Crippen LogP contribution >= 0.6 is 0 Å². The number of hydrogen-bond acceptors (Lipinski definition) is 3. The number of pyridine rings is 1. The van der Waals surface area contributed by atoms with Gasteiger partial charge in [0, 0.05) is 37.4 Å². The first-order valence-corrected chi connectivity index (χ1v) is 7.10. The highest BCUT2D eigenvalue weighted by Gasteiger charge is 2.25. The van der Waals surface area contributed by atoms with Crippen LogP contribution in [-0.2, 0) is 5.41 Å². The molecule has 2 heterocycles. The summed E-state index contributed by atoms with van der Waals surface area (Å²) in [6.45, 7) is 5.89. The van der Waals surface area contributed by atoms with E-state index in [4.69, 9.17) is 0 Å². The summed E-state index contributed by atoms with van der Waals surface area (Å²) < 4.78 is 0. The molecule has 1 fully saturated rings. The molecule has 1 aromatic rings. The lowest BCUT2D eigenvalue weighted by atomic mass is 9.85. The largest absolute Gasteiger partial charge is 0.391 e. The number of piperidine rings is 1. The second kappa shape index (κ2) is 6.22. The van der Waals surface area contributed by atoms with Crippen molar-refractivity contribution < 1.29 is 9.90 Å². The molecule has 1 atom stereocenters. The topological polar surface area (TPSA) is 65.5 Å². The van der Waals surface area contributed by atoms with Crippen LogP contribution in [0, 0.1) is 0 Å². The van der Waals surface area contributed by atoms with E-state index in [0.29, 0.717) is 13.1 Å². The second-order valence-electron chi connectivity index (χ2n) is 6.02. The summed E-state index contributed by atoms with van der Waals surface area (Å²) >= 11 is 0. The van der Waals surface area contributed by atoms with E-state index in [9.17, 15) is 9.90 Å². The molecule has 110 valence electrons. The number of rotatable bonds is 3. The third-order valence-corrected chi connectivity index (χ3v) is 3.83. The average molecular weight is 277 g/mol. The summed E-state index contributed by atoms with van der Waals surface area (Å²) in [5.41, 5.74) is 0.999. The SMILES string of the molecule is CC(C)(CNC(=O)N1CCCC(O)C1)c1ccncc1. The molecule has 2 rings (SSSR count). The second-order valence-corrected chi connectivity index (χ2v) is 6.02. The first-order chi connectivity index (χ1) is 9.49. The number of nitrogens with one attached hydrogen (secondary N) is 1. The number of carbonyl (C=O) groups excluding carboxylic acids is 1. The van der Waals surface area contributed by atoms with Crippen molar-refractivity contribution in [1.29, 1.82) is 0 Å². The fourth-order valence-electron chi connectivity index (χ4n) is 2.45. The van der Waals surface area contributed by atoms with E-state index in [1.807, 2.05) is 12.1 Å². The number of hydrogen-bond donors (Lipinski definition) is 2. The van der Waals surface area contributed by atoms with Gasteiger partial charge in [0.2, 0.25) is 0 Å². The predicted octanol–water partition coefficient (Wildman–Crippen LogP) is 1.53. The summed E-state index contributed by atoms with van der Waals surface area (Å²) in [6, 6.07) is 3.85. The minimum absolute atomic E-state index is 0.0918. The Bertz CT molecular complexity index is 448. The highest BCUT2D eigenvalue weighted by Crippen LogP contribution is 2.21. The maximum Gasteiger partial charge on any atom is 0.317 e. The molecule has 0 saturated carbocycles. The Hall–Kier alpha value is -1.62. The van der Waals surface area contributed by atoms with Crippen LogP contribution in [0.15, 0.2) is 24.5 Å². The molecule has 0 aromatic carbocycles. The van der Waals surface area contributed by atoms with Gasteiger partial charge in [-0.1, -0.05) is 13.8 Å². The fraction of sp³-hybridized carbons (Fsp3) is 0.600. The maximum atomic E-state index is 12.1.